The molecule has 2 N–H and O–H groups in total. The van der Waals surface area contributed by atoms with Gasteiger partial charge < -0.3 is 5.73 Å². The third-order valence-electron chi connectivity index (χ3n) is 2.39. The summed E-state index contributed by atoms with van der Waals surface area (Å²) in [5.41, 5.74) is 7.24. The van der Waals surface area contributed by atoms with Crippen molar-refractivity contribution in [3.63, 3.8) is 0 Å². The first kappa shape index (κ1) is 11.1. The predicted molar refractivity (Wildman–Crippen MR) is 63.5 cm³/mol. The predicted octanol–water partition coefficient (Wildman–Crippen LogP) is 3.84. The number of thiophene rings is 1. The van der Waals surface area contributed by atoms with Gasteiger partial charge in [-0.05, 0) is 30.2 Å². The smallest absolute Gasteiger partial charge is 0.159 e. The van der Waals surface area contributed by atoms with Crippen LogP contribution in [0.3, 0.4) is 0 Å². The number of nitrogen functional groups attached to an aromatic ring is 1. The van der Waals surface area contributed by atoms with Gasteiger partial charge in [-0.15, -0.1) is 11.3 Å². The molecule has 0 amide bonds. The van der Waals surface area contributed by atoms with Gasteiger partial charge in [0.25, 0.3) is 0 Å². The molecule has 16 heavy (non-hydrogen) atoms. The van der Waals surface area contributed by atoms with Crippen molar-refractivity contribution in [2.75, 3.05) is 5.73 Å². The van der Waals surface area contributed by atoms with Crippen molar-refractivity contribution in [1.82, 2.24) is 0 Å². The summed E-state index contributed by atoms with van der Waals surface area (Å²) in [5, 5.41) is 0.642. The molecule has 0 radical (unpaired) electrons. The molecule has 1 aromatic heterocycles. The van der Waals surface area contributed by atoms with E-state index in [2.05, 4.69) is 0 Å². The number of rotatable bonds is 2. The first-order chi connectivity index (χ1) is 7.61. The molecule has 0 aliphatic heterocycles. The molecule has 2 aromatic rings. The minimum Gasteiger partial charge on any atom is -0.390 e. The fourth-order valence-corrected chi connectivity index (χ4v) is 2.41. The molecule has 0 atom stereocenters. The zero-order chi connectivity index (χ0) is 11.7. The molecular formula is C12H11F2NS. The molecule has 1 heterocycles. The van der Waals surface area contributed by atoms with Crippen LogP contribution in [0.1, 0.15) is 11.8 Å². The monoisotopic (exact) mass is 239 g/mol. The van der Waals surface area contributed by atoms with E-state index in [1.165, 1.54) is 23.5 Å². The lowest BCUT2D eigenvalue weighted by molar-refractivity contribution is 0.509. The normalized spacial score (nSPS) is 10.7. The maximum absolute atomic E-state index is 13.1. The SMILES string of the molecule is CCc1cc(-c2ccc(F)c(F)c2)c(N)s1. The molecule has 1 nitrogen and oxygen atoms in total. The highest BCUT2D eigenvalue weighted by Crippen LogP contribution is 2.34. The number of hydrogen-bond donors (Lipinski definition) is 1. The highest BCUT2D eigenvalue weighted by molar-refractivity contribution is 7.16. The van der Waals surface area contributed by atoms with Crippen LogP contribution in [0.2, 0.25) is 0 Å². The van der Waals surface area contributed by atoms with Gasteiger partial charge in [0.2, 0.25) is 0 Å². The van der Waals surface area contributed by atoms with Gasteiger partial charge in [-0.25, -0.2) is 8.78 Å². The molecule has 0 saturated heterocycles. The number of aryl methyl sites for hydroxylation is 1. The second-order valence-corrected chi connectivity index (χ2v) is 4.64. The molecule has 0 bridgehead atoms. The minimum absolute atomic E-state index is 0.618. The Morgan fingerprint density at radius 2 is 1.94 bits per heavy atom. The van der Waals surface area contributed by atoms with E-state index in [1.54, 1.807) is 0 Å². The summed E-state index contributed by atoms with van der Waals surface area (Å²) in [6.07, 6.45) is 0.887. The molecule has 2 rings (SSSR count). The molecule has 0 aliphatic carbocycles. The molecule has 4 heteroatoms. The number of benzene rings is 1. The third-order valence-corrected chi connectivity index (χ3v) is 3.50. The van der Waals surface area contributed by atoms with Crippen LogP contribution in [-0.4, -0.2) is 0 Å². The van der Waals surface area contributed by atoms with E-state index in [9.17, 15) is 8.78 Å². The van der Waals surface area contributed by atoms with Crippen LogP contribution in [0.15, 0.2) is 24.3 Å². The van der Waals surface area contributed by atoms with E-state index in [1.807, 2.05) is 13.0 Å². The van der Waals surface area contributed by atoms with Crippen LogP contribution >= 0.6 is 11.3 Å². The Labute approximate surface area is 96.5 Å². The van der Waals surface area contributed by atoms with Crippen LogP contribution in [-0.2, 0) is 6.42 Å². The summed E-state index contributed by atoms with van der Waals surface area (Å²) in [6, 6.07) is 5.75. The second-order valence-electron chi connectivity index (χ2n) is 3.47. The summed E-state index contributed by atoms with van der Waals surface area (Å²) in [4.78, 5) is 1.14. The minimum atomic E-state index is -0.846. The molecule has 0 spiro atoms. The van der Waals surface area contributed by atoms with Gasteiger partial charge in [-0.3, -0.25) is 0 Å². The van der Waals surface area contributed by atoms with E-state index in [-0.39, 0.29) is 0 Å². The maximum Gasteiger partial charge on any atom is 0.159 e. The van der Waals surface area contributed by atoms with Crippen LogP contribution in [0.4, 0.5) is 13.8 Å². The Bertz CT molecular complexity index is 520. The van der Waals surface area contributed by atoms with E-state index in [0.717, 1.165) is 22.9 Å². The summed E-state index contributed by atoms with van der Waals surface area (Å²) in [6.45, 7) is 2.03. The Morgan fingerprint density at radius 3 is 2.50 bits per heavy atom. The topological polar surface area (TPSA) is 26.0 Å². The van der Waals surface area contributed by atoms with Gasteiger partial charge in [0.1, 0.15) is 0 Å². The third kappa shape index (κ3) is 1.93. The zero-order valence-electron chi connectivity index (χ0n) is 8.76. The van der Waals surface area contributed by atoms with Crippen molar-refractivity contribution in [2.45, 2.75) is 13.3 Å². The lowest BCUT2D eigenvalue weighted by Gasteiger charge is -2.00. The lowest BCUT2D eigenvalue weighted by atomic mass is 10.1. The van der Waals surface area contributed by atoms with Gasteiger partial charge in [0, 0.05) is 10.4 Å². The Morgan fingerprint density at radius 1 is 1.19 bits per heavy atom. The van der Waals surface area contributed by atoms with E-state index in [4.69, 9.17) is 5.73 Å². The van der Waals surface area contributed by atoms with Gasteiger partial charge in [-0.2, -0.15) is 0 Å². The summed E-state index contributed by atoms with van der Waals surface area (Å²) >= 11 is 1.48. The highest BCUT2D eigenvalue weighted by atomic mass is 32.1. The van der Waals surface area contributed by atoms with Gasteiger partial charge in [0.15, 0.2) is 11.6 Å². The first-order valence-corrected chi connectivity index (χ1v) is 5.77. The molecule has 0 unspecified atom stereocenters. The standard InChI is InChI=1S/C12H11F2NS/c1-2-8-6-9(12(15)16-8)7-3-4-10(13)11(14)5-7/h3-6H,2,15H2,1H3. The zero-order valence-corrected chi connectivity index (χ0v) is 9.57. The average Bonchev–Trinajstić information content (AvgIpc) is 2.64. The van der Waals surface area contributed by atoms with Crippen molar-refractivity contribution in [3.8, 4) is 11.1 Å². The number of anilines is 1. The summed E-state index contributed by atoms with van der Waals surface area (Å²) in [7, 11) is 0. The van der Waals surface area contributed by atoms with Gasteiger partial charge >= 0.3 is 0 Å². The summed E-state index contributed by atoms with van der Waals surface area (Å²) < 4.78 is 25.9. The van der Waals surface area contributed by atoms with Crippen LogP contribution in [0, 0.1) is 11.6 Å². The van der Waals surface area contributed by atoms with Crippen LogP contribution in [0.25, 0.3) is 11.1 Å². The van der Waals surface area contributed by atoms with Crippen LogP contribution < -0.4 is 5.73 Å². The average molecular weight is 239 g/mol. The molecule has 0 saturated carbocycles. The summed E-state index contributed by atoms with van der Waals surface area (Å²) in [5.74, 6) is -1.69. The molecule has 1 aromatic carbocycles. The van der Waals surface area contributed by atoms with Crippen LogP contribution in [0.5, 0.6) is 0 Å². The van der Waals surface area contributed by atoms with Gasteiger partial charge in [0.05, 0.1) is 5.00 Å². The highest BCUT2D eigenvalue weighted by Gasteiger charge is 2.10. The molecular weight excluding hydrogens is 228 g/mol. The number of nitrogens with two attached hydrogens (primary N) is 1. The van der Waals surface area contributed by atoms with E-state index in [0.29, 0.717) is 10.6 Å². The van der Waals surface area contributed by atoms with Crippen molar-refractivity contribution in [2.24, 2.45) is 0 Å². The Hall–Kier alpha value is -1.42. The van der Waals surface area contributed by atoms with E-state index < -0.39 is 11.6 Å². The van der Waals surface area contributed by atoms with E-state index >= 15 is 0 Å². The lowest BCUT2D eigenvalue weighted by Crippen LogP contribution is -1.87. The number of hydrogen-bond acceptors (Lipinski definition) is 2. The number of halogens is 2. The van der Waals surface area contributed by atoms with Crippen molar-refractivity contribution >= 4 is 16.3 Å². The second kappa shape index (κ2) is 4.22. The first-order valence-electron chi connectivity index (χ1n) is 4.95. The fraction of sp³-hybridized carbons (Fsp3) is 0.167. The quantitative estimate of drug-likeness (QED) is 0.846. The molecule has 0 aliphatic rings. The van der Waals surface area contributed by atoms with Crippen molar-refractivity contribution in [3.05, 3.63) is 40.8 Å². The van der Waals surface area contributed by atoms with Crippen molar-refractivity contribution in [1.29, 1.82) is 0 Å². The maximum atomic E-state index is 13.1. The van der Waals surface area contributed by atoms with Gasteiger partial charge in [-0.1, -0.05) is 13.0 Å². The van der Waals surface area contributed by atoms with Crippen molar-refractivity contribution < 1.29 is 8.78 Å². The molecule has 0 fully saturated rings. The largest absolute Gasteiger partial charge is 0.390 e. The Kier molecular flexibility index (Phi) is 2.92. The fourth-order valence-electron chi connectivity index (χ4n) is 1.52. The Balaban J connectivity index is 2.49. The molecule has 84 valence electrons.